The van der Waals surface area contributed by atoms with E-state index >= 15 is 0 Å². The number of nitrogen functional groups attached to an aromatic ring is 1. The Labute approximate surface area is 96.0 Å². The fraction of sp³-hybridized carbons (Fsp3) is 0.538. The third kappa shape index (κ3) is 3.49. The molecule has 3 N–H and O–H groups in total. The highest BCUT2D eigenvalue weighted by atomic mass is 19.1. The molecule has 2 nitrogen and oxygen atoms in total. The number of benzene rings is 1. The van der Waals surface area contributed by atoms with Crippen molar-refractivity contribution in [3.8, 4) is 0 Å². The molecule has 1 saturated carbocycles. The summed E-state index contributed by atoms with van der Waals surface area (Å²) in [6.45, 7) is 1.57. The zero-order valence-electron chi connectivity index (χ0n) is 9.51. The summed E-state index contributed by atoms with van der Waals surface area (Å²) < 4.78 is 13.4. The predicted octanol–water partition coefficient (Wildman–Crippen LogP) is 2.69. The highest BCUT2D eigenvalue weighted by Gasteiger charge is 2.19. The Hall–Kier alpha value is -1.09. The Kier molecular flexibility index (Phi) is 3.78. The van der Waals surface area contributed by atoms with Crippen molar-refractivity contribution in [1.82, 2.24) is 5.32 Å². The number of nitrogens with two attached hydrogens (primary N) is 1. The van der Waals surface area contributed by atoms with Crippen LogP contribution < -0.4 is 11.1 Å². The molecular formula is C13H19FN2. The molecule has 88 valence electrons. The van der Waals surface area contributed by atoms with E-state index in [-0.39, 0.29) is 5.82 Å². The average Bonchev–Trinajstić information content (AvgIpc) is 3.04. The third-order valence-corrected chi connectivity index (χ3v) is 3.06. The van der Waals surface area contributed by atoms with Gasteiger partial charge in [-0.1, -0.05) is 18.9 Å². The minimum atomic E-state index is -0.213. The van der Waals surface area contributed by atoms with Crippen LogP contribution in [0.3, 0.4) is 0 Å². The smallest absolute Gasteiger partial charge is 0.129 e. The van der Waals surface area contributed by atoms with Gasteiger partial charge in [0, 0.05) is 17.8 Å². The maximum atomic E-state index is 13.4. The Bertz CT molecular complexity index is 348. The summed E-state index contributed by atoms with van der Waals surface area (Å²) in [5, 5.41) is 3.26. The van der Waals surface area contributed by atoms with Gasteiger partial charge in [0.1, 0.15) is 5.82 Å². The lowest BCUT2D eigenvalue weighted by molar-refractivity contribution is 0.565. The van der Waals surface area contributed by atoms with Crippen molar-refractivity contribution in [3.63, 3.8) is 0 Å². The molecule has 0 amide bonds. The first-order valence-corrected chi connectivity index (χ1v) is 6.00. The second kappa shape index (κ2) is 5.30. The molecule has 0 atom stereocenters. The first kappa shape index (κ1) is 11.4. The van der Waals surface area contributed by atoms with Crippen LogP contribution in [0.1, 0.15) is 31.2 Å². The van der Waals surface area contributed by atoms with Crippen molar-refractivity contribution in [3.05, 3.63) is 29.6 Å². The average molecular weight is 222 g/mol. The van der Waals surface area contributed by atoms with Crippen LogP contribution in [0.5, 0.6) is 0 Å². The van der Waals surface area contributed by atoms with Gasteiger partial charge in [0.25, 0.3) is 0 Å². The first-order chi connectivity index (χ1) is 7.75. The zero-order chi connectivity index (χ0) is 11.4. The summed E-state index contributed by atoms with van der Waals surface area (Å²) in [7, 11) is 0. The summed E-state index contributed by atoms with van der Waals surface area (Å²) >= 11 is 0. The van der Waals surface area contributed by atoms with Crippen LogP contribution in [0.2, 0.25) is 0 Å². The molecule has 0 saturated heterocycles. The SMILES string of the molecule is Nc1ccc(CNCCCC2CC2)c(F)c1. The highest BCUT2D eigenvalue weighted by molar-refractivity contribution is 5.40. The molecule has 1 aliphatic carbocycles. The molecule has 0 unspecified atom stereocenters. The number of nitrogens with one attached hydrogen (secondary N) is 1. The van der Waals surface area contributed by atoms with E-state index in [2.05, 4.69) is 5.32 Å². The van der Waals surface area contributed by atoms with Crippen LogP contribution in [-0.2, 0) is 6.54 Å². The topological polar surface area (TPSA) is 38.0 Å². The van der Waals surface area contributed by atoms with E-state index in [0.29, 0.717) is 17.8 Å². The normalized spacial score (nSPS) is 15.3. The minimum Gasteiger partial charge on any atom is -0.399 e. The lowest BCUT2D eigenvalue weighted by Crippen LogP contribution is -2.15. The summed E-state index contributed by atoms with van der Waals surface area (Å²) in [4.78, 5) is 0. The van der Waals surface area contributed by atoms with Crippen molar-refractivity contribution in [2.24, 2.45) is 5.92 Å². The van der Waals surface area contributed by atoms with E-state index in [4.69, 9.17) is 5.73 Å². The molecule has 1 aromatic carbocycles. The van der Waals surface area contributed by atoms with Crippen LogP contribution in [0.15, 0.2) is 18.2 Å². The number of rotatable bonds is 6. The number of halogens is 1. The number of hydrogen-bond acceptors (Lipinski definition) is 2. The molecule has 1 aromatic rings. The van der Waals surface area contributed by atoms with Crippen molar-refractivity contribution in [1.29, 1.82) is 0 Å². The van der Waals surface area contributed by atoms with Crippen LogP contribution in [-0.4, -0.2) is 6.54 Å². The third-order valence-electron chi connectivity index (χ3n) is 3.06. The molecule has 1 fully saturated rings. The Morgan fingerprint density at radius 3 is 2.88 bits per heavy atom. The second-order valence-corrected chi connectivity index (χ2v) is 4.61. The van der Waals surface area contributed by atoms with Gasteiger partial charge < -0.3 is 11.1 Å². The van der Waals surface area contributed by atoms with Gasteiger partial charge in [-0.2, -0.15) is 0 Å². The van der Waals surface area contributed by atoms with E-state index in [9.17, 15) is 4.39 Å². The van der Waals surface area contributed by atoms with E-state index < -0.39 is 0 Å². The molecule has 0 aromatic heterocycles. The van der Waals surface area contributed by atoms with Gasteiger partial charge in [0.15, 0.2) is 0 Å². The number of hydrogen-bond donors (Lipinski definition) is 2. The summed E-state index contributed by atoms with van der Waals surface area (Å²) in [5.74, 6) is 0.768. The molecule has 1 aliphatic rings. The van der Waals surface area contributed by atoms with Gasteiger partial charge in [-0.3, -0.25) is 0 Å². The van der Waals surface area contributed by atoms with Crippen molar-refractivity contribution in [2.75, 3.05) is 12.3 Å². The van der Waals surface area contributed by atoms with E-state index in [1.165, 1.54) is 31.7 Å². The van der Waals surface area contributed by atoms with Gasteiger partial charge in [0.05, 0.1) is 0 Å². The molecular weight excluding hydrogens is 203 g/mol. The maximum absolute atomic E-state index is 13.4. The quantitative estimate of drug-likeness (QED) is 0.573. The van der Waals surface area contributed by atoms with Crippen LogP contribution in [0.25, 0.3) is 0 Å². The molecule has 2 rings (SSSR count). The Balaban J connectivity index is 1.67. The fourth-order valence-corrected chi connectivity index (χ4v) is 1.85. The molecule has 0 heterocycles. The van der Waals surface area contributed by atoms with Gasteiger partial charge in [-0.05, 0) is 37.4 Å². The van der Waals surface area contributed by atoms with Crippen molar-refractivity contribution >= 4 is 5.69 Å². The summed E-state index contributed by atoms with van der Waals surface area (Å²) in [5.41, 5.74) is 6.66. The van der Waals surface area contributed by atoms with Gasteiger partial charge in [-0.15, -0.1) is 0 Å². The van der Waals surface area contributed by atoms with E-state index in [1.807, 2.05) is 0 Å². The monoisotopic (exact) mass is 222 g/mol. The van der Waals surface area contributed by atoms with Crippen molar-refractivity contribution < 1.29 is 4.39 Å². The zero-order valence-corrected chi connectivity index (χ0v) is 9.51. The number of anilines is 1. The Morgan fingerprint density at radius 1 is 1.38 bits per heavy atom. The van der Waals surface area contributed by atoms with Crippen LogP contribution in [0, 0.1) is 11.7 Å². The molecule has 0 radical (unpaired) electrons. The molecule has 0 aliphatic heterocycles. The Morgan fingerprint density at radius 2 is 2.19 bits per heavy atom. The molecule has 0 spiro atoms. The molecule has 3 heteroatoms. The lowest BCUT2D eigenvalue weighted by atomic mass is 10.2. The minimum absolute atomic E-state index is 0.213. The molecule has 0 bridgehead atoms. The van der Waals surface area contributed by atoms with Gasteiger partial charge in [0.2, 0.25) is 0 Å². The largest absolute Gasteiger partial charge is 0.399 e. The van der Waals surface area contributed by atoms with Gasteiger partial charge in [-0.25, -0.2) is 4.39 Å². The van der Waals surface area contributed by atoms with Crippen LogP contribution in [0.4, 0.5) is 10.1 Å². The van der Waals surface area contributed by atoms with Crippen molar-refractivity contribution in [2.45, 2.75) is 32.2 Å². The predicted molar refractivity (Wildman–Crippen MR) is 64.5 cm³/mol. The lowest BCUT2D eigenvalue weighted by Gasteiger charge is -2.06. The summed E-state index contributed by atoms with van der Waals surface area (Å²) in [6.07, 6.45) is 5.33. The van der Waals surface area contributed by atoms with Gasteiger partial charge >= 0.3 is 0 Å². The molecule has 16 heavy (non-hydrogen) atoms. The van der Waals surface area contributed by atoms with E-state index in [0.717, 1.165) is 12.5 Å². The first-order valence-electron chi connectivity index (χ1n) is 6.00. The maximum Gasteiger partial charge on any atom is 0.129 e. The standard InChI is InChI=1S/C13H19FN2/c14-13-8-12(15)6-5-11(13)9-16-7-1-2-10-3-4-10/h5-6,8,10,16H,1-4,7,9,15H2. The fourth-order valence-electron chi connectivity index (χ4n) is 1.85. The highest BCUT2D eigenvalue weighted by Crippen LogP contribution is 2.33. The summed E-state index contributed by atoms with van der Waals surface area (Å²) in [6, 6.07) is 4.87. The van der Waals surface area contributed by atoms with E-state index in [1.54, 1.807) is 12.1 Å². The second-order valence-electron chi connectivity index (χ2n) is 4.61. The van der Waals surface area contributed by atoms with Crippen LogP contribution >= 0.6 is 0 Å².